The number of carbonyl (C=O) groups excluding carboxylic acids is 2. The van der Waals surface area contributed by atoms with E-state index in [9.17, 15) is 27.2 Å². The van der Waals surface area contributed by atoms with E-state index in [0.29, 0.717) is 59.8 Å². The van der Waals surface area contributed by atoms with Crippen LogP contribution in [0.15, 0.2) is 110 Å². The average Bonchev–Trinajstić information content (AvgIpc) is 4.12. The van der Waals surface area contributed by atoms with Crippen LogP contribution in [0.3, 0.4) is 0 Å². The average molecular weight is 818 g/mol. The monoisotopic (exact) mass is 817 g/mol. The van der Waals surface area contributed by atoms with Crippen LogP contribution in [0, 0.1) is 23.5 Å². The molecule has 0 atom stereocenters. The van der Waals surface area contributed by atoms with Gasteiger partial charge in [-0.1, -0.05) is 57.2 Å². The first-order chi connectivity index (χ1) is 27.8. The molecule has 0 radical (unpaired) electrons. The van der Waals surface area contributed by atoms with Gasteiger partial charge in [-0.2, -0.15) is 19.0 Å². The molecule has 6 aromatic rings. The van der Waals surface area contributed by atoms with E-state index in [-0.39, 0.29) is 17.5 Å². The van der Waals surface area contributed by atoms with Gasteiger partial charge in [-0.15, -0.1) is 0 Å². The van der Waals surface area contributed by atoms with Crippen LogP contribution in [-0.4, -0.2) is 65.2 Å². The molecule has 1 amide bonds. The normalized spacial score (nSPS) is 14.1. The quantitative estimate of drug-likeness (QED) is 0.0803. The predicted octanol–water partition coefficient (Wildman–Crippen LogP) is 8.18. The lowest BCUT2D eigenvalue weighted by molar-refractivity contribution is -0.118. The number of hydrogen-bond donors (Lipinski definition) is 2. The summed E-state index contributed by atoms with van der Waals surface area (Å²) in [4.78, 5) is 33.0. The minimum Gasteiger partial charge on any atom is -0.382 e. The minimum absolute atomic E-state index is 0.288. The number of carbonyl (C=O) groups is 2. The number of amides is 1. The number of pyridine rings is 2. The molecule has 8 rings (SSSR count). The molecule has 2 saturated carbocycles. The van der Waals surface area contributed by atoms with Crippen molar-refractivity contribution in [3.8, 4) is 11.4 Å². The first-order valence-electron chi connectivity index (χ1n) is 18.7. The molecule has 16 heteroatoms. The summed E-state index contributed by atoms with van der Waals surface area (Å²) >= 11 is 5.43. The van der Waals surface area contributed by atoms with Crippen LogP contribution in [0.5, 0.6) is 0 Å². The van der Waals surface area contributed by atoms with Gasteiger partial charge in [0, 0.05) is 60.2 Å². The van der Waals surface area contributed by atoms with Crippen LogP contribution in [0.2, 0.25) is 0 Å². The largest absolute Gasteiger partial charge is 0.382 e. The Morgan fingerprint density at radius 2 is 1.17 bits per heavy atom. The van der Waals surface area contributed by atoms with Gasteiger partial charge in [0.15, 0.2) is 5.82 Å². The number of nitrogens with one attached hydrogen (secondary N) is 1. The van der Waals surface area contributed by atoms with Gasteiger partial charge in [0.25, 0.3) is 0 Å². The molecule has 4 heterocycles. The second-order valence-corrected chi connectivity index (χ2v) is 13.8. The molecule has 11 nitrogen and oxygen atoms in total. The Morgan fingerprint density at radius 1 is 0.707 bits per heavy atom. The molecule has 2 aliphatic carbocycles. The Bertz CT molecular complexity index is 2300. The SMILES string of the molecule is CCN(CC)CC.Nc1ccn(-c2ccnc(F)c2)n1.O=C(Cl)C1(c2ccccc2F)CC1.O=C(Nc1ccn(-c2ccnc(F)c2)n1)C1(c2ccccc2F)CC1. The van der Waals surface area contributed by atoms with Crippen molar-refractivity contribution in [2.45, 2.75) is 57.3 Å². The van der Waals surface area contributed by atoms with Crippen molar-refractivity contribution in [3.63, 3.8) is 0 Å². The molecule has 2 aliphatic rings. The lowest BCUT2D eigenvalue weighted by Crippen LogP contribution is -2.29. The minimum atomic E-state index is -0.835. The lowest BCUT2D eigenvalue weighted by atomic mass is 9.94. The van der Waals surface area contributed by atoms with Crippen molar-refractivity contribution in [1.29, 1.82) is 0 Å². The zero-order valence-corrected chi connectivity index (χ0v) is 33.0. The zero-order chi connectivity index (χ0) is 41.9. The zero-order valence-electron chi connectivity index (χ0n) is 32.3. The van der Waals surface area contributed by atoms with Gasteiger partial charge in [0.1, 0.15) is 17.5 Å². The first kappa shape index (κ1) is 43.2. The van der Waals surface area contributed by atoms with Crippen molar-refractivity contribution >= 4 is 34.4 Å². The van der Waals surface area contributed by atoms with Gasteiger partial charge in [-0.05, 0) is 81.2 Å². The maximum absolute atomic E-state index is 14.0. The number of benzene rings is 2. The van der Waals surface area contributed by atoms with Gasteiger partial charge in [0.2, 0.25) is 23.0 Å². The Hall–Kier alpha value is -5.93. The Balaban J connectivity index is 0.000000164. The van der Waals surface area contributed by atoms with Crippen molar-refractivity contribution < 1.29 is 27.2 Å². The summed E-state index contributed by atoms with van der Waals surface area (Å²) in [5.74, 6) is -1.44. The molecular formula is C42H44ClF4N9O2. The van der Waals surface area contributed by atoms with E-state index < -0.39 is 28.0 Å². The summed E-state index contributed by atoms with van der Waals surface area (Å²) in [5.41, 5.74) is 5.80. The molecule has 0 bridgehead atoms. The number of nitrogens with zero attached hydrogens (tertiary/aromatic N) is 7. The van der Waals surface area contributed by atoms with Gasteiger partial charge in [0.05, 0.1) is 22.2 Å². The van der Waals surface area contributed by atoms with E-state index in [4.69, 9.17) is 17.3 Å². The Labute approximate surface area is 338 Å². The molecule has 2 aromatic carbocycles. The predicted molar refractivity (Wildman–Crippen MR) is 215 cm³/mol. The number of aromatic nitrogens is 6. The van der Waals surface area contributed by atoms with Gasteiger partial charge in [-0.3, -0.25) is 9.59 Å². The van der Waals surface area contributed by atoms with Crippen LogP contribution in [-0.2, 0) is 20.4 Å². The van der Waals surface area contributed by atoms with Crippen molar-refractivity contribution in [2.24, 2.45) is 0 Å². The number of halogens is 5. The second kappa shape index (κ2) is 19.5. The van der Waals surface area contributed by atoms with E-state index in [2.05, 4.69) is 51.2 Å². The van der Waals surface area contributed by atoms with E-state index >= 15 is 0 Å². The van der Waals surface area contributed by atoms with Gasteiger partial charge < -0.3 is 16.0 Å². The summed E-state index contributed by atoms with van der Waals surface area (Å²) in [6.07, 6.45) is 8.49. The number of hydrogen-bond acceptors (Lipinski definition) is 8. The third-order valence-electron chi connectivity index (χ3n) is 9.82. The number of anilines is 2. The van der Waals surface area contributed by atoms with Crippen molar-refractivity contribution in [1.82, 2.24) is 34.4 Å². The van der Waals surface area contributed by atoms with E-state index in [1.54, 1.807) is 73.1 Å². The third kappa shape index (κ3) is 10.7. The van der Waals surface area contributed by atoms with Crippen LogP contribution in [0.1, 0.15) is 57.6 Å². The molecule has 4 aromatic heterocycles. The molecule has 0 saturated heterocycles. The maximum Gasteiger partial charge on any atom is 0.236 e. The molecular weight excluding hydrogens is 774 g/mol. The highest BCUT2D eigenvalue weighted by Crippen LogP contribution is 2.51. The fourth-order valence-corrected chi connectivity index (χ4v) is 6.42. The summed E-state index contributed by atoms with van der Waals surface area (Å²) in [6, 6.07) is 21.6. The highest BCUT2D eigenvalue weighted by atomic mass is 35.5. The topological polar surface area (TPSA) is 137 Å². The van der Waals surface area contributed by atoms with Crippen LogP contribution in [0.4, 0.5) is 29.2 Å². The molecule has 3 N–H and O–H groups in total. The molecule has 304 valence electrons. The van der Waals surface area contributed by atoms with Gasteiger partial charge in [-0.25, -0.2) is 28.1 Å². The smallest absolute Gasteiger partial charge is 0.236 e. The Morgan fingerprint density at radius 3 is 1.57 bits per heavy atom. The highest BCUT2D eigenvalue weighted by Gasteiger charge is 2.53. The van der Waals surface area contributed by atoms with Crippen molar-refractivity contribution in [3.05, 3.63) is 144 Å². The molecule has 2 fully saturated rings. The van der Waals surface area contributed by atoms with Crippen LogP contribution in [0.25, 0.3) is 11.4 Å². The fraction of sp³-hybridized carbons (Fsp3) is 0.286. The fourth-order valence-electron chi connectivity index (χ4n) is 6.13. The van der Waals surface area contributed by atoms with E-state index in [0.717, 1.165) is 0 Å². The molecule has 58 heavy (non-hydrogen) atoms. The summed E-state index contributed by atoms with van der Waals surface area (Å²) in [6.45, 7) is 10.1. The van der Waals surface area contributed by atoms with E-state index in [1.807, 2.05) is 0 Å². The first-order valence-corrected chi connectivity index (χ1v) is 19.1. The number of nitrogen functional groups attached to an aromatic ring is 1. The molecule has 0 unspecified atom stereocenters. The standard InChI is InChI=1S/C18H14F2N4O.C10H8ClFO.C8H7FN4.C6H15N/c19-14-4-2-1-3-13(14)18(7-8-18)17(25)22-16-6-10-24(23-16)12-5-9-21-15(20)11-12;11-9(13)10(5-6-10)7-3-1-2-4-8(7)12;9-7-5-6(1-3-11-7)13-4-2-8(10)12-13;1-4-7(5-2)6-3/h1-6,9-11H,7-8H2,(H,22,23,25);1-4H,5-6H2;1-5H,(H2,10,12);4-6H2,1-3H3. The summed E-state index contributed by atoms with van der Waals surface area (Å²) in [7, 11) is 0. The second-order valence-electron chi connectivity index (χ2n) is 13.5. The number of nitrogens with two attached hydrogens (primary N) is 1. The molecule has 0 aliphatic heterocycles. The summed E-state index contributed by atoms with van der Waals surface area (Å²) in [5, 5.41) is 10.4. The lowest BCUT2D eigenvalue weighted by Gasteiger charge is -2.15. The summed E-state index contributed by atoms with van der Waals surface area (Å²) < 4.78 is 56.1. The van der Waals surface area contributed by atoms with Crippen LogP contribution >= 0.6 is 11.6 Å². The van der Waals surface area contributed by atoms with Crippen LogP contribution < -0.4 is 11.1 Å². The highest BCUT2D eigenvalue weighted by molar-refractivity contribution is 6.66. The third-order valence-corrected chi connectivity index (χ3v) is 10.2. The van der Waals surface area contributed by atoms with E-state index in [1.165, 1.54) is 65.7 Å². The van der Waals surface area contributed by atoms with Gasteiger partial charge >= 0.3 is 0 Å². The number of rotatable bonds is 10. The molecule has 0 spiro atoms. The Kier molecular flexibility index (Phi) is 14.5. The van der Waals surface area contributed by atoms with Crippen molar-refractivity contribution in [2.75, 3.05) is 30.7 Å². The maximum atomic E-state index is 14.0.